The molecule has 4 N–H and O–H groups in total. The molecule has 2 aliphatic rings. The van der Waals surface area contributed by atoms with E-state index in [2.05, 4.69) is 74.4 Å². The third kappa shape index (κ3) is 7.15. The second-order valence-corrected chi connectivity index (χ2v) is 12.6. The summed E-state index contributed by atoms with van der Waals surface area (Å²) in [7, 11) is 1.30. The van der Waals surface area contributed by atoms with Crippen molar-refractivity contribution < 1.29 is 14.3 Å². The van der Waals surface area contributed by atoms with Gasteiger partial charge >= 0.3 is 6.09 Å². The van der Waals surface area contributed by atoms with Crippen molar-refractivity contribution in [2.75, 3.05) is 20.2 Å². The van der Waals surface area contributed by atoms with E-state index in [0.29, 0.717) is 6.54 Å². The van der Waals surface area contributed by atoms with Crippen LogP contribution in [0.3, 0.4) is 0 Å². The van der Waals surface area contributed by atoms with E-state index in [9.17, 15) is 9.59 Å². The van der Waals surface area contributed by atoms with Gasteiger partial charge in [0.05, 0.1) is 37.3 Å². The van der Waals surface area contributed by atoms with E-state index in [4.69, 9.17) is 9.72 Å². The molecule has 0 spiro atoms. The van der Waals surface area contributed by atoms with Crippen molar-refractivity contribution in [3.8, 4) is 46.1 Å². The number of benzene rings is 2. The zero-order valence-corrected chi connectivity index (χ0v) is 27.8. The molecule has 10 nitrogen and oxygen atoms in total. The predicted molar refractivity (Wildman–Crippen MR) is 184 cm³/mol. The standard InChI is InChI=1S/C38H41N7O3/c1-24(2)34(44-38(47)48-4)37(46)45-20-10-16-33(45)36-41-23-32(43-36)27-18-17-26(30(21-27)29-14-8-5-11-25(29)3)12-6-7-13-28-22-40-35(42-28)31-15-9-19-39-31/h5,8,11,14,17-18,21-24,31,33-34,39H,9-10,15-16,19-20H2,1-4H3,(H,40,42)(H,41,43)(H,44,47)/t31-,33-,34-/m0/s1. The maximum absolute atomic E-state index is 13.6. The average Bonchev–Trinajstić information content (AvgIpc) is 3.92. The van der Waals surface area contributed by atoms with Crippen molar-refractivity contribution in [3.05, 3.63) is 83.3 Å². The molecular formula is C38H41N7O3. The van der Waals surface area contributed by atoms with Gasteiger partial charge in [0.1, 0.15) is 23.4 Å². The first-order valence-electron chi connectivity index (χ1n) is 16.5. The van der Waals surface area contributed by atoms with E-state index in [-0.39, 0.29) is 23.9 Å². The van der Waals surface area contributed by atoms with Gasteiger partial charge in [0.25, 0.3) is 0 Å². The minimum absolute atomic E-state index is 0.102. The summed E-state index contributed by atoms with van der Waals surface area (Å²) in [5, 5.41) is 6.15. The van der Waals surface area contributed by atoms with Crippen molar-refractivity contribution in [1.29, 1.82) is 0 Å². The number of amides is 2. The lowest BCUT2D eigenvalue weighted by Crippen LogP contribution is -2.51. The molecular weight excluding hydrogens is 602 g/mol. The Kier molecular flexibility index (Phi) is 9.94. The Morgan fingerprint density at radius 2 is 1.79 bits per heavy atom. The minimum atomic E-state index is -0.686. The third-order valence-electron chi connectivity index (χ3n) is 9.05. The molecule has 0 aliphatic carbocycles. The average molecular weight is 644 g/mol. The molecule has 246 valence electrons. The third-order valence-corrected chi connectivity index (χ3v) is 9.05. The SMILES string of the molecule is COC(=O)N[C@H](C(=O)N1CCC[C@H]1c1ncc(-c2ccc(C#CC#Cc3cnc([C@@H]4CCCN4)[nH]3)c(-c3ccccc3C)c2)[nH]1)C(C)C. The van der Waals surface area contributed by atoms with E-state index in [1.54, 1.807) is 6.20 Å². The quantitative estimate of drug-likeness (QED) is 0.193. The number of ether oxygens (including phenoxy) is 1. The second kappa shape index (κ2) is 14.6. The Bertz CT molecular complexity index is 1910. The number of hydrogen-bond acceptors (Lipinski definition) is 6. The predicted octanol–water partition coefficient (Wildman–Crippen LogP) is 5.65. The van der Waals surface area contributed by atoms with Gasteiger partial charge < -0.3 is 30.2 Å². The largest absolute Gasteiger partial charge is 0.453 e. The van der Waals surface area contributed by atoms with Gasteiger partial charge in [-0.3, -0.25) is 4.79 Å². The highest BCUT2D eigenvalue weighted by molar-refractivity contribution is 5.86. The lowest BCUT2D eigenvalue weighted by Gasteiger charge is -2.30. The zero-order chi connectivity index (χ0) is 33.6. The molecule has 48 heavy (non-hydrogen) atoms. The van der Waals surface area contributed by atoms with E-state index >= 15 is 0 Å². The molecule has 2 fully saturated rings. The number of imidazole rings is 2. The van der Waals surface area contributed by atoms with Crippen LogP contribution in [0.25, 0.3) is 22.4 Å². The Labute approximate surface area is 281 Å². The molecule has 0 saturated carbocycles. The molecule has 2 aliphatic heterocycles. The van der Waals surface area contributed by atoms with Crippen molar-refractivity contribution >= 4 is 12.0 Å². The van der Waals surface area contributed by atoms with Crippen LogP contribution in [0, 0.1) is 36.5 Å². The molecule has 3 atom stereocenters. The summed E-state index contributed by atoms with van der Waals surface area (Å²) in [4.78, 5) is 43.4. The van der Waals surface area contributed by atoms with Gasteiger partial charge in [-0.1, -0.05) is 50.1 Å². The number of hydrogen-bond donors (Lipinski definition) is 4. The highest BCUT2D eigenvalue weighted by atomic mass is 16.5. The van der Waals surface area contributed by atoms with Gasteiger partial charge in [0, 0.05) is 17.7 Å². The molecule has 10 heteroatoms. The number of nitrogens with zero attached hydrogens (tertiary/aromatic N) is 3. The Balaban J connectivity index is 1.25. The van der Waals surface area contributed by atoms with Crippen LogP contribution >= 0.6 is 0 Å². The summed E-state index contributed by atoms with van der Waals surface area (Å²) < 4.78 is 4.77. The molecule has 0 bridgehead atoms. The molecule has 0 radical (unpaired) electrons. The fraction of sp³-hybridized carbons (Fsp3) is 0.368. The minimum Gasteiger partial charge on any atom is -0.453 e. The van der Waals surface area contributed by atoms with Crippen molar-refractivity contribution in [3.63, 3.8) is 0 Å². The first-order chi connectivity index (χ1) is 23.3. The van der Waals surface area contributed by atoms with Crippen molar-refractivity contribution in [2.24, 2.45) is 5.92 Å². The van der Waals surface area contributed by atoms with Crippen LogP contribution < -0.4 is 10.6 Å². The van der Waals surface area contributed by atoms with Crippen LogP contribution in [0.15, 0.2) is 54.9 Å². The topological polar surface area (TPSA) is 128 Å². The summed E-state index contributed by atoms with van der Waals surface area (Å²) in [5.41, 5.74) is 6.64. The molecule has 2 aromatic heterocycles. The van der Waals surface area contributed by atoms with Gasteiger partial charge in [-0.25, -0.2) is 14.8 Å². The summed E-state index contributed by atoms with van der Waals surface area (Å²) >= 11 is 0. The molecule has 2 saturated heterocycles. The number of H-pyrrole nitrogens is 2. The van der Waals surface area contributed by atoms with Crippen LogP contribution in [-0.4, -0.2) is 63.1 Å². The lowest BCUT2D eigenvalue weighted by atomic mass is 9.94. The molecule has 4 aromatic rings. The number of aromatic nitrogens is 4. The number of aryl methyl sites for hydroxylation is 1. The Morgan fingerprint density at radius 3 is 2.56 bits per heavy atom. The van der Waals surface area contributed by atoms with Crippen molar-refractivity contribution in [2.45, 2.75) is 64.6 Å². The Morgan fingerprint density at radius 1 is 0.979 bits per heavy atom. The molecule has 2 amide bonds. The molecule has 2 aromatic carbocycles. The Hall–Kier alpha value is -5.32. The normalized spacial score (nSPS) is 17.7. The lowest BCUT2D eigenvalue weighted by molar-refractivity contribution is -0.135. The van der Waals surface area contributed by atoms with Crippen LogP contribution in [-0.2, 0) is 9.53 Å². The van der Waals surface area contributed by atoms with E-state index in [1.165, 1.54) is 7.11 Å². The molecule has 4 heterocycles. The van der Waals surface area contributed by atoms with Crippen LogP contribution in [0.2, 0.25) is 0 Å². The summed E-state index contributed by atoms with van der Waals surface area (Å²) in [6.07, 6.45) is 6.82. The van der Waals surface area contributed by atoms with Gasteiger partial charge in [0.15, 0.2) is 0 Å². The molecule has 0 unspecified atom stereocenters. The number of aromatic amines is 2. The van der Waals surface area contributed by atoms with E-state index in [1.807, 2.05) is 49.2 Å². The van der Waals surface area contributed by atoms with Gasteiger partial charge in [-0.05, 0) is 91.7 Å². The van der Waals surface area contributed by atoms with Crippen LogP contribution in [0.4, 0.5) is 4.79 Å². The van der Waals surface area contributed by atoms with Crippen LogP contribution in [0.1, 0.15) is 80.1 Å². The van der Waals surface area contributed by atoms with E-state index in [0.717, 1.165) is 83.1 Å². The number of carbonyl (C=O) groups is 2. The summed E-state index contributed by atoms with van der Waals surface area (Å²) in [6.45, 7) is 7.51. The fourth-order valence-electron chi connectivity index (χ4n) is 6.46. The second-order valence-electron chi connectivity index (χ2n) is 12.6. The maximum Gasteiger partial charge on any atom is 0.407 e. The number of nitrogens with one attached hydrogen (secondary N) is 4. The zero-order valence-electron chi connectivity index (χ0n) is 27.8. The summed E-state index contributed by atoms with van der Waals surface area (Å²) in [5.74, 6) is 13.8. The smallest absolute Gasteiger partial charge is 0.407 e. The number of rotatable bonds is 7. The number of carbonyl (C=O) groups excluding carboxylic acids is 2. The molecule has 6 rings (SSSR count). The first-order valence-corrected chi connectivity index (χ1v) is 16.5. The number of likely N-dealkylation sites (tertiary alicyclic amines) is 1. The van der Waals surface area contributed by atoms with Gasteiger partial charge in [0.2, 0.25) is 5.91 Å². The highest BCUT2D eigenvalue weighted by Crippen LogP contribution is 2.35. The van der Waals surface area contributed by atoms with Gasteiger partial charge in [-0.15, -0.1) is 0 Å². The fourth-order valence-corrected chi connectivity index (χ4v) is 6.46. The van der Waals surface area contributed by atoms with E-state index < -0.39 is 12.1 Å². The van der Waals surface area contributed by atoms with Crippen molar-refractivity contribution in [1.82, 2.24) is 35.5 Å². The van der Waals surface area contributed by atoms with Crippen LogP contribution in [0.5, 0.6) is 0 Å². The number of alkyl carbamates (subject to hydrolysis) is 1. The number of methoxy groups -OCH3 is 1. The first kappa shape index (κ1) is 32.6. The van der Waals surface area contributed by atoms with Gasteiger partial charge in [-0.2, -0.15) is 0 Å². The highest BCUT2D eigenvalue weighted by Gasteiger charge is 2.37. The maximum atomic E-state index is 13.6. The summed E-state index contributed by atoms with van der Waals surface area (Å²) in [6, 6.07) is 13.8. The monoisotopic (exact) mass is 643 g/mol.